The van der Waals surface area contributed by atoms with E-state index in [2.05, 4.69) is 20.3 Å². The van der Waals surface area contributed by atoms with Crippen molar-refractivity contribution in [3.8, 4) is 11.4 Å². The zero-order chi connectivity index (χ0) is 17.4. The lowest BCUT2D eigenvalue weighted by Crippen LogP contribution is -2.44. The maximum atomic E-state index is 13.6. The van der Waals surface area contributed by atoms with Gasteiger partial charge in [-0.1, -0.05) is 22.4 Å². The maximum Gasteiger partial charge on any atom is 0.227 e. The molecule has 1 aliphatic carbocycles. The highest BCUT2D eigenvalue weighted by Gasteiger charge is 2.38. The Morgan fingerprint density at radius 2 is 1.84 bits per heavy atom. The summed E-state index contributed by atoms with van der Waals surface area (Å²) in [7, 11) is 0. The molecule has 0 saturated heterocycles. The monoisotopic (exact) mass is 343 g/mol. The molecule has 3 aromatic rings. The summed E-state index contributed by atoms with van der Waals surface area (Å²) < 4.78 is 24.1. The van der Waals surface area contributed by atoms with Crippen LogP contribution in [-0.2, 0) is 18.4 Å². The van der Waals surface area contributed by atoms with Gasteiger partial charge in [-0.3, -0.25) is 0 Å². The van der Waals surface area contributed by atoms with Crippen LogP contribution in [0.2, 0.25) is 0 Å². The molecule has 1 saturated carbocycles. The van der Waals surface area contributed by atoms with Crippen molar-refractivity contribution in [1.29, 1.82) is 0 Å². The van der Waals surface area contributed by atoms with E-state index in [4.69, 9.17) is 14.8 Å². The van der Waals surface area contributed by atoms with Gasteiger partial charge in [0.1, 0.15) is 5.82 Å². The first-order valence-electron chi connectivity index (χ1n) is 8.24. The highest BCUT2D eigenvalue weighted by Crippen LogP contribution is 2.36. The van der Waals surface area contributed by atoms with Crippen molar-refractivity contribution in [3.63, 3.8) is 0 Å². The largest absolute Gasteiger partial charge is 0.339 e. The number of halogens is 1. The fourth-order valence-corrected chi connectivity index (χ4v) is 2.76. The summed E-state index contributed by atoms with van der Waals surface area (Å²) in [5, 5.41) is 7.87. The van der Waals surface area contributed by atoms with E-state index in [0.29, 0.717) is 47.4 Å². The molecule has 1 aliphatic rings. The smallest absolute Gasteiger partial charge is 0.227 e. The first-order valence-corrected chi connectivity index (χ1v) is 8.24. The minimum Gasteiger partial charge on any atom is -0.339 e. The maximum absolute atomic E-state index is 13.6. The molecule has 2 aromatic heterocycles. The Hall–Kier alpha value is -2.61. The van der Waals surface area contributed by atoms with Gasteiger partial charge in [0.15, 0.2) is 5.82 Å². The molecular formula is C17H18FN5O2. The molecule has 0 unspecified atom stereocenters. The quantitative estimate of drug-likeness (QED) is 0.759. The standard InChI is InChI=1S/C17H18FN5O2/c1-10-3-4-11(9-12(10)18)15-20-13(24-22-15)5-6-14-21-16(23-25-14)17(19)7-2-8-17/h3-4,9H,2,5-8,19H2,1H3. The van der Waals surface area contributed by atoms with Crippen LogP contribution in [0.3, 0.4) is 0 Å². The van der Waals surface area contributed by atoms with Crippen LogP contribution in [0.15, 0.2) is 27.2 Å². The number of rotatable bonds is 5. The normalized spacial score (nSPS) is 16.0. The molecule has 25 heavy (non-hydrogen) atoms. The number of nitrogens with two attached hydrogens (primary N) is 1. The molecule has 0 atom stereocenters. The Morgan fingerprint density at radius 3 is 2.52 bits per heavy atom. The molecule has 8 heteroatoms. The van der Waals surface area contributed by atoms with E-state index < -0.39 is 5.54 Å². The summed E-state index contributed by atoms with van der Waals surface area (Å²) in [5.74, 6) is 1.55. The molecule has 2 heterocycles. The summed E-state index contributed by atoms with van der Waals surface area (Å²) in [6.07, 6.45) is 3.79. The average Bonchev–Trinajstić information content (AvgIpc) is 3.22. The highest BCUT2D eigenvalue weighted by atomic mass is 19.1. The van der Waals surface area contributed by atoms with E-state index in [-0.39, 0.29) is 5.82 Å². The molecule has 0 aliphatic heterocycles. The molecule has 130 valence electrons. The molecule has 1 fully saturated rings. The molecule has 0 amide bonds. The van der Waals surface area contributed by atoms with Crippen molar-refractivity contribution in [2.45, 2.75) is 44.6 Å². The van der Waals surface area contributed by atoms with Crippen LogP contribution in [0.25, 0.3) is 11.4 Å². The van der Waals surface area contributed by atoms with Crippen molar-refractivity contribution in [1.82, 2.24) is 20.3 Å². The van der Waals surface area contributed by atoms with Gasteiger partial charge in [0, 0.05) is 18.4 Å². The van der Waals surface area contributed by atoms with Gasteiger partial charge in [0.2, 0.25) is 17.6 Å². The lowest BCUT2D eigenvalue weighted by Gasteiger charge is -2.34. The predicted octanol–water partition coefficient (Wildman–Crippen LogP) is 2.69. The number of aryl methyl sites for hydroxylation is 3. The Balaban J connectivity index is 1.42. The molecule has 7 nitrogen and oxygen atoms in total. The molecule has 1 aromatic carbocycles. The van der Waals surface area contributed by atoms with Gasteiger partial charge in [-0.05, 0) is 37.8 Å². The first-order chi connectivity index (χ1) is 12.0. The summed E-state index contributed by atoms with van der Waals surface area (Å²) in [6.45, 7) is 1.70. The zero-order valence-corrected chi connectivity index (χ0v) is 13.8. The van der Waals surface area contributed by atoms with Gasteiger partial charge in [-0.15, -0.1) is 0 Å². The van der Waals surface area contributed by atoms with Crippen LogP contribution in [-0.4, -0.2) is 20.3 Å². The number of nitrogens with zero attached hydrogens (tertiary/aromatic N) is 4. The SMILES string of the molecule is Cc1ccc(-c2noc(CCc3nc(C4(N)CCC4)no3)n2)cc1F. The molecular weight excluding hydrogens is 325 g/mol. The topological polar surface area (TPSA) is 104 Å². The van der Waals surface area contributed by atoms with Gasteiger partial charge in [0.05, 0.1) is 5.54 Å². The van der Waals surface area contributed by atoms with Gasteiger partial charge in [-0.2, -0.15) is 9.97 Å². The second-order valence-electron chi connectivity index (χ2n) is 6.50. The number of hydrogen-bond donors (Lipinski definition) is 1. The Morgan fingerprint density at radius 1 is 1.12 bits per heavy atom. The van der Waals surface area contributed by atoms with E-state index in [9.17, 15) is 4.39 Å². The summed E-state index contributed by atoms with van der Waals surface area (Å²) in [5.41, 5.74) is 6.89. The van der Waals surface area contributed by atoms with Gasteiger partial charge >= 0.3 is 0 Å². The van der Waals surface area contributed by atoms with Crippen LogP contribution in [0.1, 0.15) is 42.4 Å². The van der Waals surface area contributed by atoms with E-state index in [0.717, 1.165) is 19.3 Å². The van der Waals surface area contributed by atoms with Crippen LogP contribution >= 0.6 is 0 Å². The van der Waals surface area contributed by atoms with Crippen molar-refractivity contribution in [2.75, 3.05) is 0 Å². The number of aromatic nitrogens is 4. The number of hydrogen-bond acceptors (Lipinski definition) is 7. The molecule has 4 rings (SSSR count). The van der Waals surface area contributed by atoms with E-state index in [1.54, 1.807) is 19.1 Å². The van der Waals surface area contributed by atoms with Crippen molar-refractivity contribution in [2.24, 2.45) is 5.73 Å². The third-order valence-corrected chi connectivity index (χ3v) is 4.61. The van der Waals surface area contributed by atoms with Crippen molar-refractivity contribution in [3.05, 3.63) is 47.2 Å². The molecule has 2 N–H and O–H groups in total. The highest BCUT2D eigenvalue weighted by molar-refractivity contribution is 5.54. The summed E-state index contributed by atoms with van der Waals surface area (Å²) in [4.78, 5) is 8.65. The third-order valence-electron chi connectivity index (χ3n) is 4.61. The van der Waals surface area contributed by atoms with Gasteiger partial charge < -0.3 is 14.8 Å². The first kappa shape index (κ1) is 15.9. The van der Waals surface area contributed by atoms with Crippen molar-refractivity contribution >= 4 is 0 Å². The Kier molecular flexibility index (Phi) is 3.84. The molecule has 0 radical (unpaired) electrons. The van der Waals surface area contributed by atoms with Crippen LogP contribution in [0.5, 0.6) is 0 Å². The molecule has 0 bridgehead atoms. The third kappa shape index (κ3) is 3.05. The number of benzene rings is 1. The second-order valence-corrected chi connectivity index (χ2v) is 6.50. The van der Waals surface area contributed by atoms with Gasteiger partial charge in [-0.25, -0.2) is 4.39 Å². The fourth-order valence-electron chi connectivity index (χ4n) is 2.76. The minimum absolute atomic E-state index is 0.297. The minimum atomic E-state index is -0.436. The van der Waals surface area contributed by atoms with Gasteiger partial charge in [0.25, 0.3) is 0 Å². The lowest BCUT2D eigenvalue weighted by atomic mass is 9.77. The summed E-state index contributed by atoms with van der Waals surface area (Å²) in [6, 6.07) is 4.84. The molecule has 0 spiro atoms. The van der Waals surface area contributed by atoms with E-state index in [1.165, 1.54) is 6.07 Å². The van der Waals surface area contributed by atoms with Crippen LogP contribution < -0.4 is 5.73 Å². The van der Waals surface area contributed by atoms with Crippen LogP contribution in [0, 0.1) is 12.7 Å². The van der Waals surface area contributed by atoms with E-state index >= 15 is 0 Å². The summed E-state index contributed by atoms with van der Waals surface area (Å²) >= 11 is 0. The fraction of sp³-hybridized carbons (Fsp3) is 0.412. The second kappa shape index (κ2) is 6.03. The van der Waals surface area contributed by atoms with E-state index in [1.807, 2.05) is 0 Å². The van der Waals surface area contributed by atoms with Crippen molar-refractivity contribution < 1.29 is 13.4 Å². The van der Waals surface area contributed by atoms with Crippen LogP contribution in [0.4, 0.5) is 4.39 Å². The average molecular weight is 343 g/mol. The Bertz CT molecular complexity index is 900. The predicted molar refractivity (Wildman–Crippen MR) is 85.9 cm³/mol. The Labute approximate surface area is 143 Å². The lowest BCUT2D eigenvalue weighted by molar-refractivity contribution is 0.229. The zero-order valence-electron chi connectivity index (χ0n) is 13.8.